The lowest BCUT2D eigenvalue weighted by atomic mass is 10.0. The van der Waals surface area contributed by atoms with Crippen LogP contribution in [0.1, 0.15) is 61.1 Å². The van der Waals surface area contributed by atoms with E-state index < -0.39 is 0 Å². The van der Waals surface area contributed by atoms with Crippen molar-refractivity contribution in [3.05, 3.63) is 29.2 Å². The second-order valence-electron chi connectivity index (χ2n) is 8.19. The molecule has 1 aliphatic carbocycles. The van der Waals surface area contributed by atoms with E-state index in [0.717, 1.165) is 57.4 Å². The zero-order valence-corrected chi connectivity index (χ0v) is 17.1. The molecule has 2 aromatic rings. The van der Waals surface area contributed by atoms with Gasteiger partial charge in [0.25, 0.3) is 0 Å². The Hall–Kier alpha value is -2.22. The van der Waals surface area contributed by atoms with Gasteiger partial charge in [-0.1, -0.05) is 18.0 Å². The van der Waals surface area contributed by atoms with Crippen LogP contribution in [0.3, 0.4) is 0 Å². The van der Waals surface area contributed by atoms with Crippen molar-refractivity contribution in [2.24, 2.45) is 13.0 Å². The molecule has 0 radical (unpaired) electrons. The molecule has 8 heteroatoms. The molecule has 1 amide bonds. The Morgan fingerprint density at radius 3 is 2.61 bits per heavy atom. The van der Waals surface area contributed by atoms with Gasteiger partial charge in [0.15, 0.2) is 5.82 Å². The molecule has 3 heterocycles. The monoisotopic (exact) mass is 386 g/mol. The van der Waals surface area contributed by atoms with Gasteiger partial charge in [0.2, 0.25) is 11.8 Å². The summed E-state index contributed by atoms with van der Waals surface area (Å²) in [6, 6.07) is -0.130. The molecule has 0 bridgehead atoms. The molecule has 1 aliphatic heterocycles. The van der Waals surface area contributed by atoms with Crippen molar-refractivity contribution < 1.29 is 9.32 Å². The predicted molar refractivity (Wildman–Crippen MR) is 103 cm³/mol. The van der Waals surface area contributed by atoms with Crippen molar-refractivity contribution in [3.8, 4) is 0 Å². The minimum Gasteiger partial charge on any atom is -0.337 e. The lowest BCUT2D eigenvalue weighted by Gasteiger charge is -2.29. The van der Waals surface area contributed by atoms with E-state index in [1.54, 1.807) is 0 Å². The number of aromatic nitrogens is 4. The first kappa shape index (κ1) is 19.1. The summed E-state index contributed by atoms with van der Waals surface area (Å²) in [6.07, 6.45) is 7.20. The smallest absolute Gasteiger partial charge is 0.249 e. The highest BCUT2D eigenvalue weighted by molar-refractivity contribution is 5.79. The molecule has 0 spiro atoms. The average molecular weight is 387 g/mol. The van der Waals surface area contributed by atoms with Crippen LogP contribution in [0.15, 0.2) is 10.7 Å². The summed E-state index contributed by atoms with van der Waals surface area (Å²) >= 11 is 0. The molecule has 0 N–H and O–H groups in total. The highest BCUT2D eigenvalue weighted by Gasteiger charge is 2.36. The van der Waals surface area contributed by atoms with Gasteiger partial charge < -0.3 is 9.42 Å². The minimum absolute atomic E-state index is 0.130. The van der Waals surface area contributed by atoms with Crippen LogP contribution in [0.4, 0.5) is 0 Å². The molecular weight excluding hydrogens is 356 g/mol. The standard InChI is InChI=1S/C20H30N6O2/c1-14-17(12-24(3)22-14)13-25-9-8-18(19-21-15(2)23-28-19)26(11-10-25)20(27)16-6-4-5-7-16/h12,16,18H,4-11,13H2,1-3H3. The Balaban J connectivity index is 1.53. The molecule has 28 heavy (non-hydrogen) atoms. The summed E-state index contributed by atoms with van der Waals surface area (Å²) < 4.78 is 7.36. The largest absolute Gasteiger partial charge is 0.337 e. The lowest BCUT2D eigenvalue weighted by Crippen LogP contribution is -2.40. The maximum Gasteiger partial charge on any atom is 0.249 e. The van der Waals surface area contributed by atoms with E-state index in [1.165, 1.54) is 5.56 Å². The van der Waals surface area contributed by atoms with Gasteiger partial charge in [-0.15, -0.1) is 0 Å². The van der Waals surface area contributed by atoms with E-state index in [4.69, 9.17) is 4.52 Å². The van der Waals surface area contributed by atoms with E-state index in [1.807, 2.05) is 30.5 Å². The van der Waals surface area contributed by atoms with Crippen molar-refractivity contribution in [2.75, 3.05) is 19.6 Å². The fraction of sp³-hybridized carbons (Fsp3) is 0.700. The third-order valence-electron chi connectivity index (χ3n) is 6.08. The Morgan fingerprint density at radius 2 is 1.96 bits per heavy atom. The first-order chi connectivity index (χ1) is 13.5. The number of hydrogen-bond acceptors (Lipinski definition) is 6. The third-order valence-corrected chi connectivity index (χ3v) is 6.08. The molecular formula is C20H30N6O2. The molecule has 0 aromatic carbocycles. The average Bonchev–Trinajstić information content (AvgIpc) is 3.36. The number of aryl methyl sites for hydroxylation is 3. The molecule has 2 fully saturated rings. The third kappa shape index (κ3) is 3.97. The fourth-order valence-electron chi connectivity index (χ4n) is 4.56. The lowest BCUT2D eigenvalue weighted by molar-refractivity contribution is -0.138. The molecule has 2 aromatic heterocycles. The van der Waals surface area contributed by atoms with Crippen LogP contribution >= 0.6 is 0 Å². The maximum atomic E-state index is 13.3. The van der Waals surface area contributed by atoms with Crippen LogP contribution in [-0.2, 0) is 18.4 Å². The number of amides is 1. The summed E-state index contributed by atoms with van der Waals surface area (Å²) in [4.78, 5) is 22.1. The van der Waals surface area contributed by atoms with E-state index in [2.05, 4.69) is 26.3 Å². The van der Waals surface area contributed by atoms with E-state index in [-0.39, 0.29) is 17.9 Å². The highest BCUT2D eigenvalue weighted by Crippen LogP contribution is 2.32. The van der Waals surface area contributed by atoms with Crippen LogP contribution in [0.25, 0.3) is 0 Å². The van der Waals surface area contributed by atoms with Gasteiger partial charge in [0.05, 0.1) is 5.69 Å². The van der Waals surface area contributed by atoms with E-state index >= 15 is 0 Å². The molecule has 8 nitrogen and oxygen atoms in total. The fourth-order valence-corrected chi connectivity index (χ4v) is 4.56. The zero-order chi connectivity index (χ0) is 19.7. The SMILES string of the molecule is Cc1noc(C2CCN(Cc3cn(C)nc3C)CCN2C(=O)C2CCCC2)n1. The molecule has 152 valence electrons. The van der Waals surface area contributed by atoms with Crippen molar-refractivity contribution in [1.82, 2.24) is 29.7 Å². The van der Waals surface area contributed by atoms with Crippen molar-refractivity contribution in [1.29, 1.82) is 0 Å². The van der Waals surface area contributed by atoms with Crippen molar-refractivity contribution in [3.63, 3.8) is 0 Å². The topological polar surface area (TPSA) is 80.3 Å². The number of carbonyl (C=O) groups excluding carboxylic acids is 1. The summed E-state index contributed by atoms with van der Waals surface area (Å²) in [5, 5.41) is 8.42. The molecule has 2 aliphatic rings. The minimum atomic E-state index is -0.130. The summed E-state index contributed by atoms with van der Waals surface area (Å²) in [5.41, 5.74) is 2.30. The zero-order valence-electron chi connectivity index (χ0n) is 17.1. The summed E-state index contributed by atoms with van der Waals surface area (Å²) in [7, 11) is 1.95. The Bertz CT molecular complexity index is 823. The molecule has 1 saturated heterocycles. The van der Waals surface area contributed by atoms with Crippen LogP contribution in [0.5, 0.6) is 0 Å². The van der Waals surface area contributed by atoms with Gasteiger partial charge in [0.1, 0.15) is 6.04 Å². The van der Waals surface area contributed by atoms with Gasteiger partial charge in [-0.3, -0.25) is 14.4 Å². The Morgan fingerprint density at radius 1 is 1.18 bits per heavy atom. The molecule has 1 unspecified atom stereocenters. The quantitative estimate of drug-likeness (QED) is 0.803. The van der Waals surface area contributed by atoms with Gasteiger partial charge in [0, 0.05) is 50.9 Å². The van der Waals surface area contributed by atoms with Gasteiger partial charge in [-0.25, -0.2) is 0 Å². The van der Waals surface area contributed by atoms with Crippen molar-refractivity contribution in [2.45, 2.75) is 58.5 Å². The number of carbonyl (C=O) groups is 1. The molecule has 1 atom stereocenters. The van der Waals surface area contributed by atoms with Crippen molar-refractivity contribution >= 4 is 5.91 Å². The first-order valence-corrected chi connectivity index (χ1v) is 10.3. The van der Waals surface area contributed by atoms with Crippen LogP contribution in [0, 0.1) is 19.8 Å². The normalized spacial score (nSPS) is 22.0. The maximum absolute atomic E-state index is 13.3. The Labute approximate surface area is 165 Å². The highest BCUT2D eigenvalue weighted by atomic mass is 16.5. The number of nitrogens with zero attached hydrogens (tertiary/aromatic N) is 6. The van der Waals surface area contributed by atoms with Gasteiger partial charge in [-0.05, 0) is 33.1 Å². The molecule has 1 saturated carbocycles. The molecule has 4 rings (SSSR count). The number of hydrogen-bond donors (Lipinski definition) is 0. The second kappa shape index (κ2) is 8.03. The van der Waals surface area contributed by atoms with E-state index in [9.17, 15) is 4.79 Å². The summed E-state index contributed by atoms with van der Waals surface area (Å²) in [5.74, 6) is 1.61. The second-order valence-corrected chi connectivity index (χ2v) is 8.19. The predicted octanol–water partition coefficient (Wildman–Crippen LogP) is 2.39. The first-order valence-electron chi connectivity index (χ1n) is 10.3. The van der Waals surface area contributed by atoms with Gasteiger partial charge >= 0.3 is 0 Å². The summed E-state index contributed by atoms with van der Waals surface area (Å²) in [6.45, 7) is 7.14. The number of rotatable bonds is 4. The van der Waals surface area contributed by atoms with Crippen LogP contribution < -0.4 is 0 Å². The van der Waals surface area contributed by atoms with Crippen LogP contribution in [-0.4, -0.2) is 55.3 Å². The van der Waals surface area contributed by atoms with E-state index in [0.29, 0.717) is 18.3 Å². The van der Waals surface area contributed by atoms with Gasteiger partial charge in [-0.2, -0.15) is 10.1 Å². The van der Waals surface area contributed by atoms with Crippen LogP contribution in [0.2, 0.25) is 0 Å². The Kier molecular flexibility index (Phi) is 5.48.